The Balaban J connectivity index is 2.00. The minimum absolute atomic E-state index is 0.173. The number of allylic oxidation sites excluding steroid dienone is 2. The molecule has 0 heterocycles. The molecular formula is C21H26N2. The first-order valence-corrected chi connectivity index (χ1v) is 8.15. The van der Waals surface area contributed by atoms with Crippen molar-refractivity contribution in [2.45, 2.75) is 39.8 Å². The number of nitrogens with zero attached hydrogens (tertiary/aromatic N) is 1. The highest BCUT2D eigenvalue weighted by Crippen LogP contribution is 2.17. The summed E-state index contributed by atoms with van der Waals surface area (Å²) in [6, 6.07) is 21.3. The van der Waals surface area contributed by atoms with Gasteiger partial charge in [-0.3, -0.25) is 4.99 Å². The molecule has 0 radical (unpaired) electrons. The maximum atomic E-state index is 4.77. The Bertz CT molecular complexity index is 657. The van der Waals surface area contributed by atoms with E-state index in [-0.39, 0.29) is 12.1 Å². The number of hydrogen-bond donors (Lipinski definition) is 1. The van der Waals surface area contributed by atoms with Gasteiger partial charge in [-0.25, -0.2) is 0 Å². The molecule has 0 unspecified atom stereocenters. The van der Waals surface area contributed by atoms with Gasteiger partial charge in [0.05, 0.1) is 6.04 Å². The van der Waals surface area contributed by atoms with Gasteiger partial charge in [-0.15, -0.1) is 0 Å². The quantitative estimate of drug-likeness (QED) is 0.704. The lowest BCUT2D eigenvalue weighted by atomic mass is 10.1. The Morgan fingerprint density at radius 2 is 1.39 bits per heavy atom. The number of rotatable bonds is 6. The molecule has 2 rings (SSSR count). The molecule has 2 aromatic rings. The smallest absolute Gasteiger partial charge is 0.0724 e. The van der Waals surface area contributed by atoms with E-state index >= 15 is 0 Å². The van der Waals surface area contributed by atoms with E-state index < -0.39 is 0 Å². The van der Waals surface area contributed by atoms with Crippen LogP contribution in [0.15, 0.2) is 77.4 Å². The molecule has 0 aliphatic rings. The van der Waals surface area contributed by atoms with Gasteiger partial charge >= 0.3 is 0 Å². The summed E-state index contributed by atoms with van der Waals surface area (Å²) >= 11 is 0. The Hall–Kier alpha value is -2.35. The standard InChI is InChI=1S/C21H26N2/c1-16(22-18(3)20-11-7-5-8-12-20)15-17(2)23-19(4)21-13-9-6-10-14-21/h5-15,18-19,22H,1-4H3/b16-15-,23-17?/t18-,19-/m0/s1. The van der Waals surface area contributed by atoms with Crippen molar-refractivity contribution >= 4 is 5.71 Å². The topological polar surface area (TPSA) is 24.4 Å². The summed E-state index contributed by atoms with van der Waals surface area (Å²) in [6.45, 7) is 8.44. The normalized spacial score (nSPS) is 15.1. The highest BCUT2D eigenvalue weighted by molar-refractivity contribution is 5.93. The van der Waals surface area contributed by atoms with Gasteiger partial charge in [-0.1, -0.05) is 60.7 Å². The van der Waals surface area contributed by atoms with Crippen molar-refractivity contribution in [3.8, 4) is 0 Å². The minimum Gasteiger partial charge on any atom is -0.382 e. The van der Waals surface area contributed by atoms with E-state index in [9.17, 15) is 0 Å². The van der Waals surface area contributed by atoms with Gasteiger partial charge in [0, 0.05) is 17.5 Å². The Morgan fingerprint density at radius 3 is 1.96 bits per heavy atom. The van der Waals surface area contributed by atoms with Crippen LogP contribution < -0.4 is 5.32 Å². The van der Waals surface area contributed by atoms with Gasteiger partial charge in [0.2, 0.25) is 0 Å². The number of aliphatic imine (C=N–C) groups is 1. The average Bonchev–Trinajstić information content (AvgIpc) is 2.56. The molecular weight excluding hydrogens is 280 g/mol. The molecule has 0 saturated carbocycles. The highest BCUT2D eigenvalue weighted by atomic mass is 14.9. The molecule has 2 aromatic carbocycles. The van der Waals surface area contributed by atoms with Crippen molar-refractivity contribution in [2.75, 3.05) is 0 Å². The van der Waals surface area contributed by atoms with E-state index in [0.29, 0.717) is 0 Å². The largest absolute Gasteiger partial charge is 0.382 e. The lowest BCUT2D eigenvalue weighted by Gasteiger charge is -2.16. The Morgan fingerprint density at radius 1 is 0.870 bits per heavy atom. The Kier molecular flexibility index (Phi) is 6.16. The zero-order valence-electron chi connectivity index (χ0n) is 14.5. The summed E-state index contributed by atoms with van der Waals surface area (Å²) in [5.74, 6) is 0. The van der Waals surface area contributed by atoms with Crippen molar-refractivity contribution in [1.82, 2.24) is 5.32 Å². The van der Waals surface area contributed by atoms with E-state index in [0.717, 1.165) is 11.4 Å². The van der Waals surface area contributed by atoms with Crippen LogP contribution >= 0.6 is 0 Å². The fraction of sp³-hybridized carbons (Fsp3) is 0.286. The van der Waals surface area contributed by atoms with Gasteiger partial charge < -0.3 is 5.32 Å². The summed E-state index contributed by atoms with van der Waals surface area (Å²) in [6.07, 6.45) is 2.11. The van der Waals surface area contributed by atoms with Gasteiger partial charge in [0.1, 0.15) is 0 Å². The van der Waals surface area contributed by atoms with Crippen LogP contribution in [0.25, 0.3) is 0 Å². The van der Waals surface area contributed by atoms with E-state index in [1.807, 2.05) is 12.1 Å². The predicted molar refractivity (Wildman–Crippen MR) is 99.7 cm³/mol. The maximum Gasteiger partial charge on any atom is 0.0724 e. The fourth-order valence-electron chi connectivity index (χ4n) is 2.67. The van der Waals surface area contributed by atoms with Crippen LogP contribution in [0.1, 0.15) is 50.9 Å². The van der Waals surface area contributed by atoms with Gasteiger partial charge in [0.25, 0.3) is 0 Å². The average molecular weight is 306 g/mol. The third-order valence-electron chi connectivity index (χ3n) is 3.85. The first-order valence-electron chi connectivity index (χ1n) is 8.15. The number of hydrogen-bond acceptors (Lipinski definition) is 2. The molecule has 2 atom stereocenters. The molecule has 23 heavy (non-hydrogen) atoms. The fourth-order valence-corrected chi connectivity index (χ4v) is 2.67. The summed E-state index contributed by atoms with van der Waals surface area (Å²) in [4.78, 5) is 4.77. The SMILES string of the molecule is CC(/C=C(/C)N[C@@H](C)c1ccccc1)=N[C@@H](C)c1ccccc1. The number of nitrogens with one attached hydrogen (secondary N) is 1. The molecule has 0 saturated heterocycles. The molecule has 0 aliphatic carbocycles. The molecule has 2 nitrogen and oxygen atoms in total. The van der Waals surface area contributed by atoms with Crippen molar-refractivity contribution < 1.29 is 0 Å². The van der Waals surface area contributed by atoms with Gasteiger partial charge in [-0.05, 0) is 44.9 Å². The lowest BCUT2D eigenvalue weighted by molar-refractivity contribution is 0.654. The monoisotopic (exact) mass is 306 g/mol. The van der Waals surface area contributed by atoms with Crippen LogP contribution in [-0.4, -0.2) is 5.71 Å². The van der Waals surface area contributed by atoms with Crippen molar-refractivity contribution in [1.29, 1.82) is 0 Å². The summed E-state index contributed by atoms with van der Waals surface area (Å²) in [7, 11) is 0. The van der Waals surface area contributed by atoms with Crippen LogP contribution in [0.2, 0.25) is 0 Å². The first kappa shape index (κ1) is 17.0. The Labute approximate surface area is 140 Å². The molecule has 0 spiro atoms. The second-order valence-electron chi connectivity index (χ2n) is 5.96. The van der Waals surface area contributed by atoms with Gasteiger partial charge in [0.15, 0.2) is 0 Å². The van der Waals surface area contributed by atoms with E-state index in [1.165, 1.54) is 11.1 Å². The zero-order chi connectivity index (χ0) is 16.7. The summed E-state index contributed by atoms with van der Waals surface area (Å²) < 4.78 is 0. The second kappa shape index (κ2) is 8.33. The van der Waals surface area contributed by atoms with Gasteiger partial charge in [-0.2, -0.15) is 0 Å². The van der Waals surface area contributed by atoms with Crippen molar-refractivity contribution in [2.24, 2.45) is 4.99 Å². The van der Waals surface area contributed by atoms with Crippen LogP contribution in [0, 0.1) is 0 Å². The molecule has 0 aromatic heterocycles. The molecule has 0 aliphatic heterocycles. The lowest BCUT2D eigenvalue weighted by Crippen LogP contribution is -2.17. The summed E-state index contributed by atoms with van der Waals surface area (Å²) in [5, 5.41) is 3.52. The van der Waals surface area contributed by atoms with Crippen molar-refractivity contribution in [3.63, 3.8) is 0 Å². The third-order valence-corrected chi connectivity index (χ3v) is 3.85. The van der Waals surface area contributed by atoms with E-state index in [2.05, 4.69) is 87.6 Å². The molecule has 0 fully saturated rings. The van der Waals surface area contributed by atoms with E-state index in [1.54, 1.807) is 0 Å². The maximum absolute atomic E-state index is 4.77. The molecule has 2 heteroatoms. The highest BCUT2D eigenvalue weighted by Gasteiger charge is 2.05. The molecule has 0 amide bonds. The van der Waals surface area contributed by atoms with Crippen LogP contribution in [0.3, 0.4) is 0 Å². The van der Waals surface area contributed by atoms with Crippen LogP contribution in [0.4, 0.5) is 0 Å². The van der Waals surface area contributed by atoms with Crippen molar-refractivity contribution in [3.05, 3.63) is 83.6 Å². The molecule has 0 bridgehead atoms. The number of benzene rings is 2. The van der Waals surface area contributed by atoms with Crippen LogP contribution in [0.5, 0.6) is 0 Å². The second-order valence-corrected chi connectivity index (χ2v) is 5.96. The first-order chi connectivity index (χ1) is 11.1. The third kappa shape index (κ3) is 5.41. The molecule has 1 N–H and O–H groups in total. The zero-order valence-corrected chi connectivity index (χ0v) is 14.5. The predicted octanol–water partition coefficient (Wildman–Crippen LogP) is 5.46. The molecule has 120 valence electrons. The summed E-state index contributed by atoms with van der Waals surface area (Å²) in [5.41, 5.74) is 4.69. The van der Waals surface area contributed by atoms with E-state index in [4.69, 9.17) is 4.99 Å². The minimum atomic E-state index is 0.173. The van der Waals surface area contributed by atoms with Crippen LogP contribution in [-0.2, 0) is 0 Å².